The minimum atomic E-state index is 0.978. The summed E-state index contributed by atoms with van der Waals surface area (Å²) in [5.74, 6) is 0.981. The van der Waals surface area contributed by atoms with Gasteiger partial charge in [-0.3, -0.25) is 0 Å². The van der Waals surface area contributed by atoms with Crippen molar-refractivity contribution in [1.29, 1.82) is 0 Å². The zero-order valence-corrected chi connectivity index (χ0v) is 7.17. The van der Waals surface area contributed by atoms with E-state index >= 15 is 0 Å². The monoisotopic (exact) mass is 153 g/mol. The first-order chi connectivity index (χ1) is 5.38. The van der Waals surface area contributed by atoms with E-state index in [0.717, 1.165) is 25.5 Å². The number of hydrogen-bond donors (Lipinski definition) is 1. The molecule has 3 heteroatoms. The number of aromatic nitrogens is 2. The van der Waals surface area contributed by atoms with Crippen LogP contribution in [0.1, 0.15) is 20.3 Å². The number of hydrogen-bond acceptors (Lipinski definition) is 2. The van der Waals surface area contributed by atoms with Gasteiger partial charge < -0.3 is 9.88 Å². The minimum absolute atomic E-state index is 0.978. The predicted molar refractivity (Wildman–Crippen MR) is 46.7 cm³/mol. The van der Waals surface area contributed by atoms with Crippen molar-refractivity contribution in [2.75, 3.05) is 11.9 Å². The van der Waals surface area contributed by atoms with Crippen LogP contribution < -0.4 is 5.32 Å². The fourth-order valence-corrected chi connectivity index (χ4v) is 0.968. The number of rotatable bonds is 4. The second-order valence-corrected chi connectivity index (χ2v) is 2.46. The molecule has 0 unspecified atom stereocenters. The van der Waals surface area contributed by atoms with Crippen molar-refractivity contribution in [3.8, 4) is 0 Å². The largest absolute Gasteiger partial charge is 0.356 e. The van der Waals surface area contributed by atoms with E-state index in [-0.39, 0.29) is 0 Å². The molecule has 62 valence electrons. The molecule has 0 atom stereocenters. The minimum Gasteiger partial charge on any atom is -0.356 e. The van der Waals surface area contributed by atoms with Crippen LogP contribution in [0.15, 0.2) is 12.4 Å². The second kappa shape index (κ2) is 4.01. The van der Waals surface area contributed by atoms with E-state index in [2.05, 4.69) is 28.7 Å². The average Bonchev–Trinajstić information content (AvgIpc) is 2.47. The maximum atomic E-state index is 4.18. The van der Waals surface area contributed by atoms with Crippen LogP contribution in [-0.4, -0.2) is 16.1 Å². The van der Waals surface area contributed by atoms with Gasteiger partial charge in [-0.1, -0.05) is 6.92 Å². The highest BCUT2D eigenvalue weighted by molar-refractivity contribution is 5.25. The molecule has 0 fully saturated rings. The lowest BCUT2D eigenvalue weighted by molar-refractivity contribution is 0.760. The number of imidazole rings is 1. The number of anilines is 1. The summed E-state index contributed by atoms with van der Waals surface area (Å²) in [6.07, 6.45) is 4.94. The first-order valence-corrected chi connectivity index (χ1v) is 4.13. The molecule has 11 heavy (non-hydrogen) atoms. The smallest absolute Gasteiger partial charge is 0.202 e. The molecule has 1 heterocycles. The summed E-state index contributed by atoms with van der Waals surface area (Å²) in [6.45, 7) is 6.23. The van der Waals surface area contributed by atoms with Crippen molar-refractivity contribution >= 4 is 5.95 Å². The van der Waals surface area contributed by atoms with E-state index < -0.39 is 0 Å². The molecule has 0 aromatic carbocycles. The Kier molecular flexibility index (Phi) is 2.95. The predicted octanol–water partition coefficient (Wildman–Crippen LogP) is 1.72. The maximum absolute atomic E-state index is 4.18. The normalized spacial score (nSPS) is 10.0. The van der Waals surface area contributed by atoms with E-state index in [1.807, 2.05) is 12.4 Å². The molecule has 0 radical (unpaired) electrons. The second-order valence-electron chi connectivity index (χ2n) is 2.46. The van der Waals surface area contributed by atoms with Gasteiger partial charge in [0.1, 0.15) is 0 Å². The van der Waals surface area contributed by atoms with Gasteiger partial charge in [0.25, 0.3) is 0 Å². The summed E-state index contributed by atoms with van der Waals surface area (Å²) >= 11 is 0. The van der Waals surface area contributed by atoms with Crippen LogP contribution >= 0.6 is 0 Å². The summed E-state index contributed by atoms with van der Waals surface area (Å²) < 4.78 is 2.09. The molecule has 1 N–H and O–H groups in total. The van der Waals surface area contributed by atoms with E-state index in [9.17, 15) is 0 Å². The van der Waals surface area contributed by atoms with Crippen LogP contribution in [-0.2, 0) is 6.54 Å². The van der Waals surface area contributed by atoms with Crippen LogP contribution in [0, 0.1) is 0 Å². The quantitative estimate of drug-likeness (QED) is 0.713. The molecule has 1 rings (SSSR count). The first-order valence-electron chi connectivity index (χ1n) is 4.13. The Morgan fingerprint density at radius 3 is 3.00 bits per heavy atom. The fraction of sp³-hybridized carbons (Fsp3) is 0.625. The molecule has 0 aliphatic rings. The number of nitrogens with one attached hydrogen (secondary N) is 1. The Balaban J connectivity index is 2.54. The van der Waals surface area contributed by atoms with Crippen molar-refractivity contribution < 1.29 is 0 Å². The lowest BCUT2D eigenvalue weighted by Crippen LogP contribution is -2.06. The lowest BCUT2D eigenvalue weighted by Gasteiger charge is -2.05. The first kappa shape index (κ1) is 8.11. The molecule has 1 aromatic heterocycles. The fourth-order valence-electron chi connectivity index (χ4n) is 0.968. The van der Waals surface area contributed by atoms with Gasteiger partial charge in [-0.25, -0.2) is 4.98 Å². The van der Waals surface area contributed by atoms with Crippen molar-refractivity contribution in [2.24, 2.45) is 0 Å². The zero-order chi connectivity index (χ0) is 8.10. The van der Waals surface area contributed by atoms with Crippen LogP contribution in [0.5, 0.6) is 0 Å². The van der Waals surface area contributed by atoms with Gasteiger partial charge in [0.05, 0.1) is 0 Å². The molecule has 1 aromatic rings. The van der Waals surface area contributed by atoms with Crippen molar-refractivity contribution in [1.82, 2.24) is 9.55 Å². The highest BCUT2D eigenvalue weighted by Crippen LogP contribution is 2.02. The van der Waals surface area contributed by atoms with Crippen LogP contribution in [0.2, 0.25) is 0 Å². The van der Waals surface area contributed by atoms with E-state index in [4.69, 9.17) is 0 Å². The molecular formula is C8H15N3. The Labute approximate surface area is 67.4 Å². The van der Waals surface area contributed by atoms with Gasteiger partial charge in [-0.05, 0) is 13.3 Å². The number of aryl methyl sites for hydroxylation is 1. The molecule has 3 nitrogen and oxygen atoms in total. The molecular weight excluding hydrogens is 138 g/mol. The molecule has 0 aliphatic heterocycles. The summed E-state index contributed by atoms with van der Waals surface area (Å²) in [4.78, 5) is 4.18. The van der Waals surface area contributed by atoms with Crippen LogP contribution in [0.4, 0.5) is 5.95 Å². The van der Waals surface area contributed by atoms with Crippen LogP contribution in [0.3, 0.4) is 0 Å². The van der Waals surface area contributed by atoms with E-state index in [1.165, 1.54) is 0 Å². The standard InChI is InChI=1S/C8H15N3/c1-3-5-9-8-10-6-7-11(8)4-2/h6-7H,3-5H2,1-2H3,(H,9,10). The van der Waals surface area contributed by atoms with Crippen LogP contribution in [0.25, 0.3) is 0 Å². The van der Waals surface area contributed by atoms with E-state index in [1.54, 1.807) is 0 Å². The van der Waals surface area contributed by atoms with Crippen molar-refractivity contribution in [3.63, 3.8) is 0 Å². The Morgan fingerprint density at radius 1 is 1.55 bits per heavy atom. The molecule has 0 bridgehead atoms. The topological polar surface area (TPSA) is 29.9 Å². The van der Waals surface area contributed by atoms with Crippen molar-refractivity contribution in [2.45, 2.75) is 26.8 Å². The van der Waals surface area contributed by atoms with Gasteiger partial charge in [-0.15, -0.1) is 0 Å². The zero-order valence-electron chi connectivity index (χ0n) is 7.17. The molecule has 0 aliphatic carbocycles. The summed E-state index contributed by atoms with van der Waals surface area (Å²) in [6, 6.07) is 0. The van der Waals surface area contributed by atoms with Gasteiger partial charge in [0.2, 0.25) is 5.95 Å². The summed E-state index contributed by atoms with van der Waals surface area (Å²) in [7, 11) is 0. The van der Waals surface area contributed by atoms with Gasteiger partial charge in [0, 0.05) is 25.5 Å². The Hall–Kier alpha value is -0.990. The number of nitrogens with zero attached hydrogens (tertiary/aromatic N) is 2. The molecule has 0 saturated carbocycles. The van der Waals surface area contributed by atoms with Gasteiger partial charge in [0.15, 0.2) is 0 Å². The summed E-state index contributed by atoms with van der Waals surface area (Å²) in [5.41, 5.74) is 0. The molecule has 0 spiro atoms. The molecule has 0 amide bonds. The van der Waals surface area contributed by atoms with Crippen molar-refractivity contribution in [3.05, 3.63) is 12.4 Å². The summed E-state index contributed by atoms with van der Waals surface area (Å²) in [5, 5.41) is 3.25. The third-order valence-corrected chi connectivity index (χ3v) is 1.59. The van der Waals surface area contributed by atoms with Gasteiger partial charge >= 0.3 is 0 Å². The van der Waals surface area contributed by atoms with Gasteiger partial charge in [-0.2, -0.15) is 0 Å². The van der Waals surface area contributed by atoms with E-state index in [0.29, 0.717) is 0 Å². The molecule has 0 saturated heterocycles. The Morgan fingerprint density at radius 2 is 2.36 bits per heavy atom. The highest BCUT2D eigenvalue weighted by atomic mass is 15.2. The SMILES string of the molecule is CCCNc1nccn1CC. The third-order valence-electron chi connectivity index (χ3n) is 1.59. The lowest BCUT2D eigenvalue weighted by atomic mass is 10.5. The Bertz CT molecular complexity index is 205. The average molecular weight is 153 g/mol. The third kappa shape index (κ3) is 1.97. The maximum Gasteiger partial charge on any atom is 0.202 e. The highest BCUT2D eigenvalue weighted by Gasteiger charge is 1.96.